The van der Waals surface area contributed by atoms with Crippen LogP contribution in [0.1, 0.15) is 11.3 Å². The maximum absolute atomic E-state index is 12.0. The number of hydrogen-bond acceptors (Lipinski definition) is 3. The molecule has 1 N–H and O–H groups in total. The molecule has 0 atom stereocenters. The number of halogens is 5. The maximum Gasteiger partial charge on any atom is 0.574 e. The predicted octanol–water partition coefficient (Wildman–Crippen LogP) is 2.82. The van der Waals surface area contributed by atoms with E-state index in [9.17, 15) is 13.2 Å². The van der Waals surface area contributed by atoms with Crippen molar-refractivity contribution >= 4 is 34.2 Å². The number of nitrogens with zero attached hydrogens (tertiary/aromatic N) is 1. The van der Waals surface area contributed by atoms with Gasteiger partial charge in [-0.2, -0.15) is 0 Å². The van der Waals surface area contributed by atoms with Crippen LogP contribution in [0.4, 0.5) is 13.2 Å². The Morgan fingerprint density at radius 2 is 2.12 bits per heavy atom. The van der Waals surface area contributed by atoms with E-state index >= 15 is 0 Å². The highest BCUT2D eigenvalue weighted by Gasteiger charge is 2.33. The second kappa shape index (κ2) is 5.37. The van der Waals surface area contributed by atoms with Gasteiger partial charge in [0.1, 0.15) is 0 Å². The van der Waals surface area contributed by atoms with Crippen molar-refractivity contribution < 1.29 is 23.0 Å². The first-order chi connectivity index (χ1) is 7.37. The molecule has 8 heteroatoms. The summed E-state index contributed by atoms with van der Waals surface area (Å²) in [5.74, 6) is -0.651. The van der Waals surface area contributed by atoms with Crippen LogP contribution < -0.4 is 4.74 Å². The van der Waals surface area contributed by atoms with Crippen LogP contribution in [0.15, 0.2) is 6.07 Å². The van der Waals surface area contributed by atoms with E-state index < -0.39 is 12.2 Å². The number of hydrogen-bond donors (Lipinski definition) is 1. The van der Waals surface area contributed by atoms with E-state index in [1.807, 2.05) is 0 Å². The number of rotatable bonds is 3. The molecule has 1 rings (SSSR count). The number of pyridine rings is 1. The molecule has 0 saturated heterocycles. The third-order valence-corrected chi connectivity index (χ3v) is 2.65. The fourth-order valence-electron chi connectivity index (χ4n) is 0.980. The lowest BCUT2D eigenvalue weighted by atomic mass is 10.2. The largest absolute Gasteiger partial charge is 0.574 e. The lowest BCUT2D eigenvalue weighted by molar-refractivity contribution is -0.276. The Morgan fingerprint density at radius 1 is 1.50 bits per heavy atom. The molecule has 1 heterocycles. The molecule has 90 valence electrons. The van der Waals surface area contributed by atoms with Gasteiger partial charge in [0.05, 0.1) is 21.8 Å². The molecule has 0 bridgehead atoms. The van der Waals surface area contributed by atoms with Gasteiger partial charge in [-0.15, -0.1) is 24.8 Å². The molecule has 0 saturated carbocycles. The molecule has 0 amide bonds. The van der Waals surface area contributed by atoms with Crippen molar-refractivity contribution in [2.24, 2.45) is 0 Å². The summed E-state index contributed by atoms with van der Waals surface area (Å²) in [5.41, 5.74) is 0.553. The minimum absolute atomic E-state index is 0.0962. The van der Waals surface area contributed by atoms with E-state index in [-0.39, 0.29) is 21.8 Å². The third kappa shape index (κ3) is 3.63. The number of ether oxygens (including phenoxy) is 1. The third-order valence-electron chi connectivity index (χ3n) is 1.62. The van der Waals surface area contributed by atoms with Crippen molar-refractivity contribution in [1.82, 2.24) is 4.98 Å². The van der Waals surface area contributed by atoms with Gasteiger partial charge in [-0.1, -0.05) is 0 Å². The zero-order valence-corrected chi connectivity index (χ0v) is 10.6. The molecule has 0 fully saturated rings. The highest BCUT2D eigenvalue weighted by atomic mass is 127. The maximum atomic E-state index is 12.0. The van der Waals surface area contributed by atoms with E-state index in [0.29, 0.717) is 5.56 Å². The van der Waals surface area contributed by atoms with Gasteiger partial charge in [0.15, 0.2) is 0 Å². The second-order valence-electron chi connectivity index (χ2n) is 2.72. The molecule has 0 spiro atoms. The van der Waals surface area contributed by atoms with E-state index in [1.165, 1.54) is 6.07 Å². The van der Waals surface area contributed by atoms with Crippen LogP contribution in [-0.4, -0.2) is 16.5 Å². The van der Waals surface area contributed by atoms with Crippen molar-refractivity contribution in [3.63, 3.8) is 0 Å². The van der Waals surface area contributed by atoms with Crippen LogP contribution in [0, 0.1) is 3.57 Å². The minimum Gasteiger partial charge on any atom is -0.392 e. The topological polar surface area (TPSA) is 42.4 Å². The average molecular weight is 367 g/mol. The first-order valence-electron chi connectivity index (χ1n) is 3.98. The first kappa shape index (κ1) is 13.8. The lowest BCUT2D eigenvalue weighted by Gasteiger charge is -2.12. The first-order valence-corrected chi connectivity index (χ1v) is 5.59. The molecule has 1 aromatic rings. The van der Waals surface area contributed by atoms with Gasteiger partial charge >= 0.3 is 6.36 Å². The van der Waals surface area contributed by atoms with Crippen molar-refractivity contribution in [3.8, 4) is 5.88 Å². The van der Waals surface area contributed by atoms with Crippen molar-refractivity contribution in [2.45, 2.75) is 18.8 Å². The van der Waals surface area contributed by atoms with E-state index in [0.717, 1.165) is 0 Å². The van der Waals surface area contributed by atoms with Gasteiger partial charge in [-0.05, 0) is 28.7 Å². The monoisotopic (exact) mass is 367 g/mol. The molecule has 0 aromatic carbocycles. The highest BCUT2D eigenvalue weighted by molar-refractivity contribution is 14.1. The number of alkyl halides is 4. The summed E-state index contributed by atoms with van der Waals surface area (Å²) in [6.45, 7) is -0.336. The number of aliphatic hydroxyl groups excluding tert-OH is 1. The Morgan fingerprint density at radius 3 is 2.56 bits per heavy atom. The van der Waals surface area contributed by atoms with Crippen molar-refractivity contribution in [3.05, 3.63) is 20.9 Å². The zero-order valence-electron chi connectivity index (χ0n) is 7.68. The Balaban J connectivity index is 3.11. The summed E-state index contributed by atoms with van der Waals surface area (Å²) < 4.78 is 39.9. The Bertz CT molecular complexity index is 386. The second-order valence-corrected chi connectivity index (χ2v) is 4.15. The molecular formula is C8H6ClF3INO2. The summed E-state index contributed by atoms with van der Waals surface area (Å²) in [6.07, 6.45) is -4.79. The van der Waals surface area contributed by atoms with E-state index in [4.69, 9.17) is 16.7 Å². The molecule has 0 aliphatic carbocycles. The quantitative estimate of drug-likeness (QED) is 0.660. The summed E-state index contributed by atoms with van der Waals surface area (Å²) in [6, 6.07) is 1.35. The number of aromatic nitrogens is 1. The zero-order chi connectivity index (χ0) is 12.3. The molecule has 0 radical (unpaired) electrons. The fourth-order valence-corrected chi connectivity index (χ4v) is 1.82. The van der Waals surface area contributed by atoms with Crippen LogP contribution >= 0.6 is 34.2 Å². The average Bonchev–Trinajstić information content (AvgIpc) is 2.18. The summed E-state index contributed by atoms with van der Waals surface area (Å²) in [7, 11) is 0. The predicted molar refractivity (Wildman–Crippen MR) is 59.1 cm³/mol. The molecule has 0 aliphatic rings. The van der Waals surface area contributed by atoms with E-state index in [2.05, 4.69) is 9.72 Å². The SMILES string of the molecule is OCc1cc(I)c(OC(F)(F)F)nc1CCl. The Hall–Kier alpha value is -0.280. The molecular weight excluding hydrogens is 361 g/mol. The summed E-state index contributed by atoms with van der Waals surface area (Å²) in [4.78, 5) is 3.61. The summed E-state index contributed by atoms with van der Waals surface area (Å²) in [5, 5.41) is 8.93. The van der Waals surface area contributed by atoms with Crippen LogP contribution in [0.3, 0.4) is 0 Å². The van der Waals surface area contributed by atoms with Crippen LogP contribution in [-0.2, 0) is 12.5 Å². The van der Waals surface area contributed by atoms with Gasteiger partial charge in [0.25, 0.3) is 0 Å². The van der Waals surface area contributed by atoms with Crippen LogP contribution in [0.5, 0.6) is 5.88 Å². The van der Waals surface area contributed by atoms with Gasteiger partial charge in [-0.3, -0.25) is 0 Å². The highest BCUT2D eigenvalue weighted by Crippen LogP contribution is 2.28. The lowest BCUT2D eigenvalue weighted by Crippen LogP contribution is -2.19. The minimum atomic E-state index is -4.79. The fraction of sp³-hybridized carbons (Fsp3) is 0.375. The van der Waals surface area contributed by atoms with E-state index in [1.54, 1.807) is 22.6 Å². The van der Waals surface area contributed by atoms with Gasteiger partial charge < -0.3 is 9.84 Å². The van der Waals surface area contributed by atoms with Crippen molar-refractivity contribution in [1.29, 1.82) is 0 Å². The van der Waals surface area contributed by atoms with Crippen LogP contribution in [0.25, 0.3) is 0 Å². The molecule has 0 unspecified atom stereocenters. The molecule has 0 aliphatic heterocycles. The molecule has 1 aromatic heterocycles. The molecule has 3 nitrogen and oxygen atoms in total. The number of aliphatic hydroxyl groups is 1. The van der Waals surface area contributed by atoms with Gasteiger partial charge in [0, 0.05) is 5.56 Å². The van der Waals surface area contributed by atoms with Gasteiger partial charge in [0.2, 0.25) is 5.88 Å². The smallest absolute Gasteiger partial charge is 0.392 e. The standard InChI is InChI=1S/C8H6ClF3INO2/c9-2-6-4(3-15)1-5(13)7(14-6)16-8(10,11)12/h1,15H,2-3H2. The Kier molecular flexibility index (Phi) is 4.62. The Labute approximate surface area is 108 Å². The normalized spacial score (nSPS) is 11.6. The van der Waals surface area contributed by atoms with Crippen molar-refractivity contribution in [2.75, 3.05) is 0 Å². The summed E-state index contributed by atoms with van der Waals surface area (Å²) >= 11 is 7.13. The van der Waals surface area contributed by atoms with Gasteiger partial charge in [-0.25, -0.2) is 4.98 Å². The van der Waals surface area contributed by atoms with Crippen LogP contribution in [0.2, 0.25) is 0 Å². The molecule has 16 heavy (non-hydrogen) atoms.